The molecule has 3 aromatic heterocycles. The first-order valence-electron chi connectivity index (χ1n) is 12.8. The molecule has 6 rings (SSSR count). The summed E-state index contributed by atoms with van der Waals surface area (Å²) in [5, 5.41) is 8.22. The lowest BCUT2D eigenvalue weighted by Gasteiger charge is -2.35. The maximum absolute atomic E-state index is 15.6. The van der Waals surface area contributed by atoms with Crippen LogP contribution in [0.1, 0.15) is 56.9 Å². The van der Waals surface area contributed by atoms with Crippen molar-refractivity contribution in [3.8, 4) is 5.75 Å². The highest BCUT2D eigenvalue weighted by atomic mass is 35.5. The van der Waals surface area contributed by atoms with Gasteiger partial charge in [0.1, 0.15) is 22.6 Å². The number of halogens is 2. The molecule has 1 unspecified atom stereocenters. The predicted octanol–water partition coefficient (Wildman–Crippen LogP) is 3.88. The van der Waals surface area contributed by atoms with Gasteiger partial charge in [-0.15, -0.1) is 0 Å². The van der Waals surface area contributed by atoms with E-state index in [2.05, 4.69) is 15.4 Å². The molecule has 0 spiro atoms. The molecule has 1 aliphatic carbocycles. The summed E-state index contributed by atoms with van der Waals surface area (Å²) in [5.41, 5.74) is 2.62. The van der Waals surface area contributed by atoms with E-state index in [1.165, 1.54) is 29.5 Å². The topological polar surface area (TPSA) is 111 Å². The van der Waals surface area contributed by atoms with Crippen LogP contribution in [0.4, 0.5) is 4.39 Å². The van der Waals surface area contributed by atoms with Gasteiger partial charge in [0.15, 0.2) is 17.5 Å². The fraction of sp³-hybridized carbons (Fsp3) is 0.370. The summed E-state index contributed by atoms with van der Waals surface area (Å²) >= 11 is 7.72. The van der Waals surface area contributed by atoms with E-state index >= 15 is 4.39 Å². The Kier molecular flexibility index (Phi) is 7.15. The molecule has 4 aromatic rings. The summed E-state index contributed by atoms with van der Waals surface area (Å²) in [7, 11) is 1.55. The Morgan fingerprint density at radius 2 is 2.05 bits per heavy atom. The number of methoxy groups -OCH3 is 1. The normalized spacial score (nSPS) is 16.7. The molecule has 1 saturated carbocycles. The van der Waals surface area contributed by atoms with Crippen molar-refractivity contribution in [2.75, 3.05) is 20.3 Å². The van der Waals surface area contributed by atoms with Crippen LogP contribution in [0, 0.1) is 12.7 Å². The number of aryl methyl sites for hydroxylation is 1. The van der Waals surface area contributed by atoms with Crippen LogP contribution in [0.15, 0.2) is 30.3 Å². The maximum atomic E-state index is 15.6. The molecule has 0 bridgehead atoms. The number of rotatable bonds is 8. The van der Waals surface area contributed by atoms with Gasteiger partial charge >= 0.3 is 0 Å². The molecular formula is C27H26ClFN6O4S. The van der Waals surface area contributed by atoms with Gasteiger partial charge in [0.05, 0.1) is 18.0 Å². The number of carbonyl (C=O) groups excluding carboxylic acids is 2. The summed E-state index contributed by atoms with van der Waals surface area (Å²) in [6.07, 6.45) is 2.40. The van der Waals surface area contributed by atoms with Gasteiger partial charge in [-0.1, -0.05) is 35.1 Å². The zero-order valence-corrected chi connectivity index (χ0v) is 23.4. The molecule has 0 saturated heterocycles. The highest BCUT2D eigenvalue weighted by molar-refractivity contribution is 7.16. The van der Waals surface area contributed by atoms with Crippen molar-refractivity contribution in [1.29, 1.82) is 0 Å². The Morgan fingerprint density at radius 1 is 1.23 bits per heavy atom. The monoisotopic (exact) mass is 584 g/mol. The number of nitrogens with one attached hydrogen (secondary N) is 1. The van der Waals surface area contributed by atoms with Crippen molar-refractivity contribution in [1.82, 2.24) is 29.8 Å². The Morgan fingerprint density at radius 3 is 2.77 bits per heavy atom. The molecule has 4 heterocycles. The third-order valence-corrected chi connectivity index (χ3v) is 7.97. The number of fused-ring (bicyclic) bond motifs is 3. The molecule has 1 atom stereocenters. The minimum absolute atomic E-state index is 0.0241. The van der Waals surface area contributed by atoms with Crippen LogP contribution in [0.2, 0.25) is 5.15 Å². The van der Waals surface area contributed by atoms with Crippen LogP contribution >= 0.6 is 22.9 Å². The molecule has 1 aliphatic heterocycles. The summed E-state index contributed by atoms with van der Waals surface area (Å²) < 4.78 is 28.2. The van der Waals surface area contributed by atoms with Crippen molar-refractivity contribution in [3.63, 3.8) is 0 Å². The third-order valence-electron chi connectivity index (χ3n) is 6.88. The van der Waals surface area contributed by atoms with Crippen molar-refractivity contribution in [2.45, 2.75) is 44.9 Å². The Hall–Kier alpha value is -3.61. The van der Waals surface area contributed by atoms with Crippen LogP contribution in [0.3, 0.4) is 0 Å². The van der Waals surface area contributed by atoms with Crippen LogP contribution < -0.4 is 10.1 Å². The van der Waals surface area contributed by atoms with Crippen LogP contribution in [-0.2, 0) is 22.6 Å². The number of ether oxygens (including phenoxy) is 2. The summed E-state index contributed by atoms with van der Waals surface area (Å²) in [6.45, 7) is 2.10. The molecule has 2 aliphatic rings. The van der Waals surface area contributed by atoms with Gasteiger partial charge in [0.25, 0.3) is 11.8 Å². The summed E-state index contributed by atoms with van der Waals surface area (Å²) in [6, 6.07) is 7.32. The highest BCUT2D eigenvalue weighted by Gasteiger charge is 2.38. The van der Waals surface area contributed by atoms with E-state index in [1.54, 1.807) is 28.7 Å². The minimum Gasteiger partial charge on any atom is -0.481 e. The number of hydrogen-bond donors (Lipinski definition) is 1. The Balaban J connectivity index is 1.27. The summed E-state index contributed by atoms with van der Waals surface area (Å²) in [5.74, 6) is -0.962. The van der Waals surface area contributed by atoms with E-state index < -0.39 is 11.9 Å². The van der Waals surface area contributed by atoms with E-state index in [9.17, 15) is 9.59 Å². The zero-order valence-electron chi connectivity index (χ0n) is 21.8. The predicted molar refractivity (Wildman–Crippen MR) is 145 cm³/mol. The number of aromatic nitrogens is 4. The van der Waals surface area contributed by atoms with E-state index in [1.807, 2.05) is 6.92 Å². The standard InChI is InChI=1S/C27H26ClFN6O4S/c1-14-33-35-24-19(32-27(35)40-14)9-10-34(23(24)17-6-3-15(12-38-2)11-18(17)29)22(36)13-39-21-8-7-20(31-25(21)28)26(37)30-16-4-5-16/h3,6-8,11,16,23H,4-5,9-10,12-13H2,1-2H3,(H,30,37). The van der Waals surface area contributed by atoms with Gasteiger partial charge in [-0.25, -0.2) is 18.9 Å². The van der Waals surface area contributed by atoms with Crippen molar-refractivity contribution in [2.24, 2.45) is 0 Å². The van der Waals surface area contributed by atoms with E-state index in [-0.39, 0.29) is 47.7 Å². The fourth-order valence-corrected chi connectivity index (χ4v) is 5.84. The van der Waals surface area contributed by atoms with Crippen molar-refractivity contribution >= 4 is 39.7 Å². The van der Waals surface area contributed by atoms with Crippen LogP contribution in [0.5, 0.6) is 5.75 Å². The average Bonchev–Trinajstić information content (AvgIpc) is 3.57. The second-order valence-corrected chi connectivity index (χ2v) is 11.3. The van der Waals surface area contributed by atoms with Gasteiger partial charge in [0.2, 0.25) is 4.96 Å². The number of carbonyl (C=O) groups is 2. The van der Waals surface area contributed by atoms with Gasteiger partial charge in [0, 0.05) is 31.7 Å². The first kappa shape index (κ1) is 26.6. The molecular weight excluding hydrogens is 559 g/mol. The van der Waals surface area contributed by atoms with Gasteiger partial charge in [-0.2, -0.15) is 5.10 Å². The molecule has 1 N–H and O–H groups in total. The minimum atomic E-state index is -0.768. The zero-order chi connectivity index (χ0) is 28.0. The molecule has 208 valence electrons. The lowest BCUT2D eigenvalue weighted by Crippen LogP contribution is -2.43. The average molecular weight is 585 g/mol. The van der Waals surface area contributed by atoms with Gasteiger partial charge in [-0.05, 0) is 43.5 Å². The molecule has 13 heteroatoms. The largest absolute Gasteiger partial charge is 0.481 e. The van der Waals surface area contributed by atoms with Crippen molar-refractivity contribution in [3.05, 3.63) is 74.5 Å². The quantitative estimate of drug-likeness (QED) is 0.313. The van der Waals surface area contributed by atoms with E-state index in [0.29, 0.717) is 34.7 Å². The van der Waals surface area contributed by atoms with Gasteiger partial charge < -0.3 is 19.7 Å². The number of pyridine rings is 1. The maximum Gasteiger partial charge on any atom is 0.270 e. The van der Waals surface area contributed by atoms with Gasteiger partial charge in [-0.3, -0.25) is 9.59 Å². The summed E-state index contributed by atoms with van der Waals surface area (Å²) in [4.78, 5) is 37.0. The number of imidazole rings is 1. The van der Waals surface area contributed by atoms with E-state index in [0.717, 1.165) is 23.5 Å². The smallest absolute Gasteiger partial charge is 0.270 e. The molecule has 2 amide bonds. The Labute approximate surface area is 238 Å². The number of amides is 2. The number of hydrogen-bond acceptors (Lipinski definition) is 8. The second-order valence-electron chi connectivity index (χ2n) is 9.81. The lowest BCUT2D eigenvalue weighted by atomic mass is 9.94. The molecule has 10 nitrogen and oxygen atoms in total. The second kappa shape index (κ2) is 10.8. The third kappa shape index (κ3) is 5.14. The highest BCUT2D eigenvalue weighted by Crippen LogP contribution is 2.38. The number of nitrogens with zero attached hydrogens (tertiary/aromatic N) is 5. The lowest BCUT2D eigenvalue weighted by molar-refractivity contribution is -0.135. The molecule has 1 aromatic carbocycles. The first-order valence-corrected chi connectivity index (χ1v) is 14.0. The van der Waals surface area contributed by atoms with Crippen LogP contribution in [0.25, 0.3) is 4.96 Å². The Bertz CT molecular complexity index is 1620. The fourth-order valence-electron chi connectivity index (χ4n) is 4.86. The number of benzene rings is 1. The molecule has 40 heavy (non-hydrogen) atoms. The first-order chi connectivity index (χ1) is 19.3. The van der Waals surface area contributed by atoms with E-state index in [4.69, 9.17) is 26.1 Å². The SMILES string of the molecule is COCc1ccc(C2c3c(nc4sc(C)nn34)CCN2C(=O)COc2ccc(C(=O)NC3CC3)nc2Cl)c(F)c1. The molecule has 1 fully saturated rings. The van der Waals surface area contributed by atoms with Crippen LogP contribution in [-0.4, -0.2) is 62.6 Å². The molecule has 0 radical (unpaired) electrons. The van der Waals surface area contributed by atoms with Crippen molar-refractivity contribution < 1.29 is 23.5 Å².